The van der Waals surface area contributed by atoms with Gasteiger partial charge >= 0.3 is 0 Å². The van der Waals surface area contributed by atoms with Crippen LogP contribution < -0.4 is 0 Å². The van der Waals surface area contributed by atoms with E-state index in [1.54, 1.807) is 10.5 Å². The highest BCUT2D eigenvalue weighted by Crippen LogP contribution is 2.29. The molecule has 166 valence electrons. The lowest BCUT2D eigenvalue weighted by atomic mass is 10.1. The van der Waals surface area contributed by atoms with Gasteiger partial charge in [0.1, 0.15) is 0 Å². The first-order valence-corrected chi connectivity index (χ1v) is 12.6. The number of H-pyrrole nitrogens is 1. The number of aryl methyl sites for hydroxylation is 1. The molecule has 1 aliphatic rings. The van der Waals surface area contributed by atoms with Gasteiger partial charge in [-0.1, -0.05) is 30.3 Å². The molecule has 1 fully saturated rings. The summed E-state index contributed by atoms with van der Waals surface area (Å²) in [5, 5.41) is 6.81. The van der Waals surface area contributed by atoms with E-state index in [1.165, 1.54) is 0 Å². The van der Waals surface area contributed by atoms with E-state index in [-0.39, 0.29) is 17.7 Å². The molecule has 1 aliphatic heterocycles. The van der Waals surface area contributed by atoms with Crippen molar-refractivity contribution in [3.8, 4) is 11.3 Å². The molecule has 4 heterocycles. The van der Waals surface area contributed by atoms with E-state index >= 15 is 0 Å². The van der Waals surface area contributed by atoms with E-state index < -0.39 is 10.0 Å². The Morgan fingerprint density at radius 2 is 1.97 bits per heavy atom. The van der Waals surface area contributed by atoms with Crippen LogP contribution in [0.25, 0.3) is 22.3 Å². The topological polar surface area (TPSA) is 83.9 Å². The molecule has 0 bridgehead atoms. The van der Waals surface area contributed by atoms with E-state index in [9.17, 15) is 8.42 Å². The molecule has 0 amide bonds. The summed E-state index contributed by atoms with van der Waals surface area (Å²) in [6, 6.07) is 15.9. The fourth-order valence-corrected chi connectivity index (χ4v) is 6.50. The molecule has 3 aromatic heterocycles. The Kier molecular flexibility index (Phi) is 5.57. The third-order valence-electron chi connectivity index (χ3n) is 6.33. The van der Waals surface area contributed by atoms with Crippen LogP contribution in [0.3, 0.4) is 0 Å². The van der Waals surface area contributed by atoms with Gasteiger partial charge < -0.3 is 4.57 Å². The van der Waals surface area contributed by atoms with E-state index in [2.05, 4.69) is 20.8 Å². The van der Waals surface area contributed by atoms with E-state index in [0.29, 0.717) is 13.0 Å². The quantitative estimate of drug-likeness (QED) is 0.466. The van der Waals surface area contributed by atoms with E-state index in [4.69, 9.17) is 4.98 Å². The summed E-state index contributed by atoms with van der Waals surface area (Å²) in [5.41, 5.74) is 4.90. The van der Waals surface area contributed by atoms with Gasteiger partial charge in [0.25, 0.3) is 0 Å². The van der Waals surface area contributed by atoms with Gasteiger partial charge in [0, 0.05) is 37.1 Å². The minimum absolute atomic E-state index is 0.0217. The lowest BCUT2D eigenvalue weighted by Crippen LogP contribution is -2.36. The number of pyridine rings is 1. The number of nitrogens with one attached hydrogen (secondary N) is 1. The van der Waals surface area contributed by atoms with Gasteiger partial charge in [0.05, 0.1) is 28.7 Å². The monoisotopic (exact) mass is 449 g/mol. The molecule has 1 saturated heterocycles. The normalized spacial score (nSPS) is 19.7. The van der Waals surface area contributed by atoms with Crippen LogP contribution in [0.2, 0.25) is 0 Å². The lowest BCUT2D eigenvalue weighted by Gasteiger charge is -2.21. The number of hydrogen-bond donors (Lipinski definition) is 1. The zero-order valence-corrected chi connectivity index (χ0v) is 18.9. The van der Waals surface area contributed by atoms with Crippen molar-refractivity contribution in [1.82, 2.24) is 24.1 Å². The third kappa shape index (κ3) is 4.20. The molecule has 1 N–H and O–H groups in total. The summed E-state index contributed by atoms with van der Waals surface area (Å²) in [7, 11) is -3.29. The van der Waals surface area contributed by atoms with Crippen molar-refractivity contribution in [2.24, 2.45) is 5.92 Å². The summed E-state index contributed by atoms with van der Waals surface area (Å²) in [5.74, 6) is 0.432. The predicted octanol–water partition coefficient (Wildman–Crippen LogP) is 3.71. The van der Waals surface area contributed by atoms with Crippen molar-refractivity contribution in [3.63, 3.8) is 0 Å². The van der Waals surface area contributed by atoms with Crippen LogP contribution in [-0.2, 0) is 23.0 Å². The number of hydrogen-bond acceptors (Lipinski definition) is 4. The summed E-state index contributed by atoms with van der Waals surface area (Å²) < 4.78 is 30.0. The summed E-state index contributed by atoms with van der Waals surface area (Å²) in [4.78, 5) is 4.75. The van der Waals surface area contributed by atoms with Gasteiger partial charge in [0.2, 0.25) is 10.0 Å². The van der Waals surface area contributed by atoms with Crippen LogP contribution in [0.5, 0.6) is 0 Å². The fourth-order valence-electron chi connectivity index (χ4n) is 4.70. The molecule has 1 aromatic carbocycles. The molecule has 0 radical (unpaired) electrons. The highest BCUT2D eigenvalue weighted by Gasteiger charge is 2.36. The summed E-state index contributed by atoms with van der Waals surface area (Å²) in [6.07, 6.45) is 7.05. The number of aromatic nitrogens is 4. The van der Waals surface area contributed by atoms with Crippen LogP contribution in [0.1, 0.15) is 18.9 Å². The van der Waals surface area contributed by atoms with Crippen LogP contribution in [-0.4, -0.2) is 50.8 Å². The first kappa shape index (κ1) is 20.9. The smallest absolute Gasteiger partial charge is 0.214 e. The molecule has 4 aromatic rings. The molecule has 2 atom stereocenters. The second kappa shape index (κ2) is 8.52. The van der Waals surface area contributed by atoms with Gasteiger partial charge in [-0.05, 0) is 49.4 Å². The van der Waals surface area contributed by atoms with Gasteiger partial charge in [-0.2, -0.15) is 9.40 Å². The van der Waals surface area contributed by atoms with Crippen molar-refractivity contribution in [2.45, 2.75) is 32.4 Å². The van der Waals surface area contributed by atoms with E-state index in [0.717, 1.165) is 40.8 Å². The van der Waals surface area contributed by atoms with Crippen LogP contribution in [0, 0.1) is 5.92 Å². The largest absolute Gasteiger partial charge is 0.346 e. The SMILES string of the molecule is C[C@H]1CC(Cn2ccc3nc(-c4cn[nH]c4)ccc32)CN1S(=O)(=O)CCc1ccccc1. The second-order valence-corrected chi connectivity index (χ2v) is 10.7. The van der Waals surface area contributed by atoms with Gasteiger partial charge in [0.15, 0.2) is 0 Å². The Labute approximate surface area is 188 Å². The van der Waals surface area contributed by atoms with Gasteiger partial charge in [-0.25, -0.2) is 13.4 Å². The summed E-state index contributed by atoms with van der Waals surface area (Å²) >= 11 is 0. The van der Waals surface area contributed by atoms with Crippen molar-refractivity contribution in [3.05, 3.63) is 72.7 Å². The Hall–Kier alpha value is -2.97. The number of aromatic amines is 1. The molecule has 0 saturated carbocycles. The Morgan fingerprint density at radius 1 is 1.12 bits per heavy atom. The molecule has 7 nitrogen and oxygen atoms in total. The Balaban J connectivity index is 1.27. The van der Waals surface area contributed by atoms with Crippen molar-refractivity contribution < 1.29 is 8.42 Å². The highest BCUT2D eigenvalue weighted by molar-refractivity contribution is 7.89. The van der Waals surface area contributed by atoms with Gasteiger partial charge in [-0.15, -0.1) is 0 Å². The first-order valence-electron chi connectivity index (χ1n) is 11.0. The zero-order chi connectivity index (χ0) is 22.1. The molecule has 5 rings (SSSR count). The van der Waals surface area contributed by atoms with Crippen molar-refractivity contribution in [2.75, 3.05) is 12.3 Å². The lowest BCUT2D eigenvalue weighted by molar-refractivity contribution is 0.399. The standard InChI is InChI=1S/C24H27N5O2S/c1-18-13-20(17-29(18)32(30,31)12-10-19-5-3-2-4-6-19)16-28-11-9-23-24(28)8-7-22(27-23)21-14-25-26-15-21/h2-9,11,14-15,18,20H,10,12-13,16-17H2,1H3,(H,25,26)/t18-,20?/m0/s1. The molecular formula is C24H27N5O2S. The zero-order valence-electron chi connectivity index (χ0n) is 18.1. The number of rotatable bonds is 7. The number of fused-ring (bicyclic) bond motifs is 1. The maximum Gasteiger partial charge on any atom is 0.214 e. The van der Waals surface area contributed by atoms with Crippen LogP contribution in [0.4, 0.5) is 0 Å². The molecular weight excluding hydrogens is 422 g/mol. The van der Waals surface area contributed by atoms with Crippen LogP contribution >= 0.6 is 0 Å². The van der Waals surface area contributed by atoms with E-state index in [1.807, 2.05) is 61.8 Å². The number of nitrogens with zero attached hydrogens (tertiary/aromatic N) is 4. The number of benzene rings is 1. The third-order valence-corrected chi connectivity index (χ3v) is 8.27. The first-order chi connectivity index (χ1) is 15.5. The van der Waals surface area contributed by atoms with Crippen molar-refractivity contribution >= 4 is 21.1 Å². The van der Waals surface area contributed by atoms with Crippen LogP contribution in [0.15, 0.2) is 67.1 Å². The Morgan fingerprint density at radius 3 is 2.75 bits per heavy atom. The maximum absolute atomic E-state index is 13.0. The minimum atomic E-state index is -3.29. The molecule has 32 heavy (non-hydrogen) atoms. The highest BCUT2D eigenvalue weighted by atomic mass is 32.2. The van der Waals surface area contributed by atoms with Gasteiger partial charge in [-0.3, -0.25) is 5.10 Å². The minimum Gasteiger partial charge on any atom is -0.346 e. The molecule has 8 heteroatoms. The fraction of sp³-hybridized carbons (Fsp3) is 0.333. The Bertz CT molecular complexity index is 1300. The predicted molar refractivity (Wildman–Crippen MR) is 126 cm³/mol. The van der Waals surface area contributed by atoms with Crippen molar-refractivity contribution in [1.29, 1.82) is 0 Å². The molecule has 0 spiro atoms. The average molecular weight is 450 g/mol. The maximum atomic E-state index is 13.0. The number of sulfonamides is 1. The average Bonchev–Trinajstić information content (AvgIpc) is 3.54. The molecule has 1 unspecified atom stereocenters. The molecule has 0 aliphatic carbocycles. The second-order valence-electron chi connectivity index (χ2n) is 8.63. The summed E-state index contributed by atoms with van der Waals surface area (Å²) in [6.45, 7) is 3.37.